The second-order valence-electron chi connectivity index (χ2n) is 7.08. The van der Waals surface area contributed by atoms with Crippen molar-refractivity contribution in [3.63, 3.8) is 0 Å². The number of carbonyl (C=O) groups is 1. The van der Waals surface area contributed by atoms with Gasteiger partial charge in [-0.2, -0.15) is 5.10 Å². The monoisotopic (exact) mass is 361 g/mol. The topological polar surface area (TPSA) is 67.0 Å². The minimum Gasteiger partial charge on any atom is -0.496 e. The lowest BCUT2D eigenvalue weighted by molar-refractivity contribution is 0.0937. The van der Waals surface area contributed by atoms with Crippen molar-refractivity contribution in [3.8, 4) is 5.75 Å². The first-order chi connectivity index (χ1) is 13.2. The Morgan fingerprint density at radius 1 is 1.19 bits per heavy atom. The Bertz CT molecular complexity index is 935. The average molecular weight is 361 g/mol. The zero-order chi connectivity index (χ0) is 18.7. The van der Waals surface area contributed by atoms with Gasteiger partial charge in [0.15, 0.2) is 0 Å². The molecule has 0 radical (unpaired) electrons. The number of carbonyl (C=O) groups excluding carboxylic acids is 1. The molecule has 0 saturated heterocycles. The summed E-state index contributed by atoms with van der Waals surface area (Å²) in [4.78, 5) is 12.8. The second-order valence-corrected chi connectivity index (χ2v) is 7.08. The van der Waals surface area contributed by atoms with Crippen molar-refractivity contribution in [2.24, 2.45) is 0 Å². The molecule has 1 aliphatic rings. The van der Waals surface area contributed by atoms with Gasteiger partial charge in [-0.1, -0.05) is 42.5 Å². The van der Waals surface area contributed by atoms with Gasteiger partial charge in [0.2, 0.25) is 0 Å². The van der Waals surface area contributed by atoms with E-state index in [1.165, 1.54) is 11.1 Å². The first kappa shape index (κ1) is 17.3. The van der Waals surface area contributed by atoms with Gasteiger partial charge in [0.1, 0.15) is 5.75 Å². The smallest absolute Gasteiger partial charge is 0.255 e. The Kier molecular flexibility index (Phi) is 4.67. The third-order valence-electron chi connectivity index (χ3n) is 5.52. The van der Waals surface area contributed by atoms with Gasteiger partial charge in [0.05, 0.1) is 18.9 Å². The molecule has 0 aliphatic heterocycles. The van der Waals surface area contributed by atoms with Crippen molar-refractivity contribution in [2.45, 2.75) is 24.7 Å². The minimum atomic E-state index is -0.154. The number of fused-ring (bicyclic) bond motifs is 1. The first-order valence-corrected chi connectivity index (χ1v) is 9.20. The van der Waals surface area contributed by atoms with Crippen LogP contribution in [0.15, 0.2) is 60.8 Å². The van der Waals surface area contributed by atoms with E-state index in [0.717, 1.165) is 25.0 Å². The van der Waals surface area contributed by atoms with E-state index in [2.05, 4.69) is 39.8 Å². The van der Waals surface area contributed by atoms with Gasteiger partial charge >= 0.3 is 0 Å². The predicted octanol–water partition coefficient (Wildman–Crippen LogP) is 3.28. The lowest BCUT2D eigenvalue weighted by Gasteiger charge is -2.37. The van der Waals surface area contributed by atoms with Crippen LogP contribution in [0.3, 0.4) is 0 Å². The number of nitrogens with one attached hydrogen (secondary N) is 2. The van der Waals surface area contributed by atoms with Gasteiger partial charge in [-0.25, -0.2) is 0 Å². The number of ether oxygens (including phenoxy) is 1. The van der Waals surface area contributed by atoms with Gasteiger partial charge in [0, 0.05) is 24.1 Å². The number of para-hydroxylation sites is 1. The summed E-state index contributed by atoms with van der Waals surface area (Å²) in [5.74, 6) is 0.474. The number of methoxy groups -OCH3 is 1. The minimum absolute atomic E-state index is 0.113. The molecule has 0 bridgehead atoms. The summed E-state index contributed by atoms with van der Waals surface area (Å²) in [5.41, 5.74) is 4.08. The fourth-order valence-corrected chi connectivity index (χ4v) is 3.98. The second kappa shape index (κ2) is 7.27. The van der Waals surface area contributed by atoms with Crippen molar-refractivity contribution in [3.05, 3.63) is 83.2 Å². The normalized spacial score (nSPS) is 18.6. The summed E-state index contributed by atoms with van der Waals surface area (Å²) in [7, 11) is 1.58. The Labute approximate surface area is 158 Å². The number of aromatic nitrogens is 2. The number of hydrogen-bond donors (Lipinski definition) is 2. The van der Waals surface area contributed by atoms with E-state index in [-0.39, 0.29) is 11.3 Å². The molecule has 4 rings (SSSR count). The highest BCUT2D eigenvalue weighted by molar-refractivity contribution is 5.97. The standard InChI is InChI=1S/C22H23N3O2/c1-27-20-10-6-5-9-18(20)21(26)23-15-22(17-7-3-2-4-8-17)12-11-16-14-24-25-19(16)13-22/h2-10,14H,11-13,15H2,1H3,(H,23,26)(H,24,25). The van der Waals surface area contributed by atoms with E-state index in [0.29, 0.717) is 17.9 Å². The molecule has 0 fully saturated rings. The van der Waals surface area contributed by atoms with Gasteiger partial charge in [-0.3, -0.25) is 9.89 Å². The molecule has 1 amide bonds. The predicted molar refractivity (Wildman–Crippen MR) is 104 cm³/mol. The largest absolute Gasteiger partial charge is 0.496 e. The fraction of sp³-hybridized carbons (Fsp3) is 0.273. The zero-order valence-corrected chi connectivity index (χ0v) is 15.4. The maximum absolute atomic E-state index is 12.8. The number of rotatable bonds is 5. The van der Waals surface area contributed by atoms with Crippen LogP contribution in [0.5, 0.6) is 5.75 Å². The van der Waals surface area contributed by atoms with Crippen LogP contribution in [0.2, 0.25) is 0 Å². The molecule has 0 saturated carbocycles. The van der Waals surface area contributed by atoms with Gasteiger partial charge < -0.3 is 10.1 Å². The van der Waals surface area contributed by atoms with Gasteiger partial charge in [-0.05, 0) is 36.1 Å². The number of benzene rings is 2. The Hall–Kier alpha value is -3.08. The highest BCUT2D eigenvalue weighted by Gasteiger charge is 2.37. The van der Waals surface area contributed by atoms with Crippen LogP contribution >= 0.6 is 0 Å². The lowest BCUT2D eigenvalue weighted by atomic mass is 9.69. The summed E-state index contributed by atoms with van der Waals surface area (Å²) >= 11 is 0. The van der Waals surface area contributed by atoms with Crippen molar-refractivity contribution in [2.75, 3.05) is 13.7 Å². The highest BCUT2D eigenvalue weighted by Crippen LogP contribution is 2.37. The van der Waals surface area contributed by atoms with E-state index in [1.54, 1.807) is 19.2 Å². The Morgan fingerprint density at radius 3 is 2.78 bits per heavy atom. The number of hydrogen-bond acceptors (Lipinski definition) is 3. The third kappa shape index (κ3) is 3.33. The summed E-state index contributed by atoms with van der Waals surface area (Å²) in [6, 6.07) is 17.7. The third-order valence-corrected chi connectivity index (χ3v) is 5.52. The maximum atomic E-state index is 12.8. The van der Waals surface area contributed by atoms with Crippen LogP contribution in [0.1, 0.15) is 33.6 Å². The summed E-state index contributed by atoms with van der Waals surface area (Å²) in [6.45, 7) is 0.562. The molecule has 138 valence electrons. The van der Waals surface area contributed by atoms with E-state index in [9.17, 15) is 4.79 Å². The highest BCUT2D eigenvalue weighted by atomic mass is 16.5. The van der Waals surface area contributed by atoms with Crippen molar-refractivity contribution in [1.82, 2.24) is 15.5 Å². The van der Waals surface area contributed by atoms with Crippen molar-refractivity contribution >= 4 is 5.91 Å². The number of nitrogens with zero attached hydrogens (tertiary/aromatic N) is 1. The van der Waals surface area contributed by atoms with E-state index < -0.39 is 0 Å². The first-order valence-electron chi connectivity index (χ1n) is 9.20. The molecule has 2 aromatic carbocycles. The lowest BCUT2D eigenvalue weighted by Crippen LogP contribution is -2.44. The maximum Gasteiger partial charge on any atom is 0.255 e. The summed E-state index contributed by atoms with van der Waals surface area (Å²) in [6.07, 6.45) is 4.66. The van der Waals surface area contributed by atoms with Crippen LogP contribution in [-0.4, -0.2) is 29.8 Å². The molecule has 1 atom stereocenters. The molecule has 0 spiro atoms. The van der Waals surface area contributed by atoms with Gasteiger partial charge in [-0.15, -0.1) is 0 Å². The summed E-state index contributed by atoms with van der Waals surface area (Å²) in [5, 5.41) is 10.5. The summed E-state index contributed by atoms with van der Waals surface area (Å²) < 4.78 is 5.33. The van der Waals surface area contributed by atoms with E-state index >= 15 is 0 Å². The van der Waals surface area contributed by atoms with E-state index in [1.807, 2.05) is 24.4 Å². The number of amides is 1. The molecule has 5 heteroatoms. The van der Waals surface area contributed by atoms with Crippen LogP contribution in [0.25, 0.3) is 0 Å². The van der Waals surface area contributed by atoms with Crippen molar-refractivity contribution < 1.29 is 9.53 Å². The van der Waals surface area contributed by atoms with Crippen LogP contribution in [0, 0.1) is 0 Å². The number of aromatic amines is 1. The number of aryl methyl sites for hydroxylation is 1. The van der Waals surface area contributed by atoms with Crippen LogP contribution < -0.4 is 10.1 Å². The SMILES string of the molecule is COc1ccccc1C(=O)NCC1(c2ccccc2)CCc2cn[nH]c2C1. The molecule has 1 heterocycles. The van der Waals surface area contributed by atoms with Crippen molar-refractivity contribution in [1.29, 1.82) is 0 Å². The van der Waals surface area contributed by atoms with Gasteiger partial charge in [0.25, 0.3) is 5.91 Å². The molecule has 1 aliphatic carbocycles. The molecule has 1 unspecified atom stereocenters. The average Bonchev–Trinajstić information content (AvgIpc) is 3.20. The molecular weight excluding hydrogens is 338 g/mol. The molecule has 1 aromatic heterocycles. The Balaban J connectivity index is 1.60. The zero-order valence-electron chi connectivity index (χ0n) is 15.4. The molecule has 2 N–H and O–H groups in total. The molecular formula is C22H23N3O2. The molecule has 3 aromatic rings. The van der Waals surface area contributed by atoms with Crippen LogP contribution in [-0.2, 0) is 18.3 Å². The molecule has 27 heavy (non-hydrogen) atoms. The number of H-pyrrole nitrogens is 1. The van der Waals surface area contributed by atoms with Crippen LogP contribution in [0.4, 0.5) is 0 Å². The quantitative estimate of drug-likeness (QED) is 0.733. The van der Waals surface area contributed by atoms with E-state index in [4.69, 9.17) is 4.74 Å². The Morgan fingerprint density at radius 2 is 1.96 bits per heavy atom. The fourth-order valence-electron chi connectivity index (χ4n) is 3.98. The molecule has 5 nitrogen and oxygen atoms in total.